The molecule has 12 heteroatoms. The first-order valence-corrected chi connectivity index (χ1v) is 15.7. The molecule has 1 saturated heterocycles. The van der Waals surface area contributed by atoms with Crippen molar-refractivity contribution in [2.75, 3.05) is 13.2 Å². The van der Waals surface area contributed by atoms with Crippen molar-refractivity contribution in [3.63, 3.8) is 0 Å². The number of alkyl carbamates (subject to hydrolysis) is 1. The number of hydrogen-bond donors (Lipinski definition) is 3. The van der Waals surface area contributed by atoms with Crippen LogP contribution in [-0.2, 0) is 29.1 Å². The highest BCUT2D eigenvalue weighted by Gasteiger charge is 2.61. The molecule has 4 atom stereocenters. The average Bonchev–Trinajstić information content (AvgIpc) is 3.77. The maximum Gasteiger partial charge on any atom is 0.407 e. The fourth-order valence-corrected chi connectivity index (χ4v) is 6.61. The zero-order valence-electron chi connectivity index (χ0n) is 23.2. The van der Waals surface area contributed by atoms with Crippen LogP contribution in [0.1, 0.15) is 85.0 Å². The van der Waals surface area contributed by atoms with Crippen molar-refractivity contribution in [3.8, 4) is 0 Å². The Hall–Kier alpha value is -2.63. The van der Waals surface area contributed by atoms with E-state index in [1.54, 1.807) is 0 Å². The molecule has 2 aliphatic heterocycles. The summed E-state index contributed by atoms with van der Waals surface area (Å²) < 4.78 is 32.5. The van der Waals surface area contributed by atoms with Crippen LogP contribution in [0.4, 0.5) is 4.79 Å². The van der Waals surface area contributed by atoms with Crippen LogP contribution in [-0.4, -0.2) is 73.2 Å². The maximum atomic E-state index is 13.6. The molecule has 2 aliphatic carbocycles. The quantitative estimate of drug-likeness (QED) is 0.431. The molecule has 0 bridgehead atoms. The molecular formula is C27H42N4O7S. The van der Waals surface area contributed by atoms with Crippen molar-refractivity contribution in [3.05, 3.63) is 12.2 Å². The van der Waals surface area contributed by atoms with E-state index in [0.717, 1.165) is 19.3 Å². The lowest BCUT2D eigenvalue weighted by atomic mass is 9.99. The summed E-state index contributed by atoms with van der Waals surface area (Å²) in [5.41, 5.74) is -1.59. The molecule has 11 nitrogen and oxygen atoms in total. The summed E-state index contributed by atoms with van der Waals surface area (Å²) in [6.07, 6.45) is 9.10. The molecule has 2 heterocycles. The van der Waals surface area contributed by atoms with E-state index in [9.17, 15) is 27.6 Å². The van der Waals surface area contributed by atoms with Gasteiger partial charge in [0.15, 0.2) is 0 Å². The number of rotatable bonds is 5. The largest absolute Gasteiger partial charge is 0.449 e. The van der Waals surface area contributed by atoms with Gasteiger partial charge in [-0.25, -0.2) is 13.2 Å². The third kappa shape index (κ3) is 7.32. The number of amides is 4. The zero-order chi connectivity index (χ0) is 28.4. The monoisotopic (exact) mass is 566 g/mol. The second-order valence-corrected chi connectivity index (χ2v) is 14.5. The molecule has 0 unspecified atom stereocenters. The Balaban J connectivity index is 1.51. The van der Waals surface area contributed by atoms with E-state index in [1.807, 2.05) is 32.9 Å². The Morgan fingerprint density at radius 3 is 2.54 bits per heavy atom. The minimum Gasteiger partial charge on any atom is -0.449 e. The lowest BCUT2D eigenvalue weighted by Gasteiger charge is -2.30. The minimum atomic E-state index is -3.78. The van der Waals surface area contributed by atoms with Crippen LogP contribution < -0.4 is 15.4 Å². The van der Waals surface area contributed by atoms with Gasteiger partial charge in [0.2, 0.25) is 21.8 Å². The van der Waals surface area contributed by atoms with Gasteiger partial charge in [-0.05, 0) is 56.8 Å². The van der Waals surface area contributed by atoms with Gasteiger partial charge in [-0.1, -0.05) is 45.8 Å². The standard InChI is InChI=1S/C27H42N4O7S/c1-26(2,3)17-38-25(35)28-20-11-8-6-4-5-7-10-18-16-27(18,24(34)30-39(36,37)19-13-14-19)29-22(32)21-12-9-15-31(21)23(20)33/h7,10,18-21H,4-6,8-9,11-17H2,1-3H3,(H,28,35)(H,29,32)(H,30,34)/b10-7-/t18-,20+,21+,27-/m1/s1. The number of carbonyl (C=O) groups excluding carboxylic acids is 4. The van der Waals surface area contributed by atoms with Crippen LogP contribution in [0.25, 0.3) is 0 Å². The molecule has 4 amide bonds. The highest BCUT2D eigenvalue weighted by molar-refractivity contribution is 7.91. The fourth-order valence-electron chi connectivity index (χ4n) is 5.24. The minimum absolute atomic E-state index is 0.197. The molecule has 3 N–H and O–H groups in total. The summed E-state index contributed by atoms with van der Waals surface area (Å²) in [5.74, 6) is -1.88. The summed E-state index contributed by atoms with van der Waals surface area (Å²) in [6, 6.07) is -1.64. The lowest BCUT2D eigenvalue weighted by molar-refractivity contribution is -0.141. The van der Waals surface area contributed by atoms with Gasteiger partial charge in [0.05, 0.1) is 11.9 Å². The number of sulfonamides is 1. The molecule has 4 aliphatic rings. The molecule has 3 fully saturated rings. The van der Waals surface area contributed by atoms with Crippen molar-refractivity contribution >= 4 is 33.8 Å². The number of hydrogen-bond acceptors (Lipinski definition) is 7. The normalized spacial score (nSPS) is 31.1. The topological polar surface area (TPSA) is 151 Å². The first-order valence-electron chi connectivity index (χ1n) is 14.1. The van der Waals surface area contributed by atoms with Gasteiger partial charge in [-0.15, -0.1) is 0 Å². The molecule has 0 aromatic rings. The van der Waals surface area contributed by atoms with E-state index in [-0.39, 0.29) is 23.8 Å². The molecule has 218 valence electrons. The lowest BCUT2D eigenvalue weighted by Crippen LogP contribution is -2.58. The Morgan fingerprint density at radius 1 is 1.10 bits per heavy atom. The predicted octanol–water partition coefficient (Wildman–Crippen LogP) is 2.12. The third-order valence-corrected chi connectivity index (χ3v) is 9.58. The van der Waals surface area contributed by atoms with Gasteiger partial charge >= 0.3 is 6.09 Å². The summed E-state index contributed by atoms with van der Waals surface area (Å²) in [7, 11) is -3.78. The van der Waals surface area contributed by atoms with E-state index < -0.39 is 50.8 Å². The molecule has 39 heavy (non-hydrogen) atoms. The van der Waals surface area contributed by atoms with Crippen molar-refractivity contribution in [1.82, 2.24) is 20.3 Å². The Labute approximate surface area is 230 Å². The smallest absolute Gasteiger partial charge is 0.407 e. The first kappa shape index (κ1) is 29.4. The number of carbonyl (C=O) groups is 4. The van der Waals surface area contributed by atoms with Gasteiger partial charge < -0.3 is 20.3 Å². The molecule has 0 radical (unpaired) electrons. The number of fused-ring (bicyclic) bond motifs is 2. The third-order valence-electron chi connectivity index (χ3n) is 7.76. The first-order chi connectivity index (χ1) is 18.3. The van der Waals surface area contributed by atoms with Crippen molar-refractivity contribution in [2.24, 2.45) is 11.3 Å². The Kier molecular flexibility index (Phi) is 8.63. The highest BCUT2D eigenvalue weighted by atomic mass is 32.2. The van der Waals surface area contributed by atoms with Crippen molar-refractivity contribution < 1.29 is 32.3 Å². The van der Waals surface area contributed by atoms with E-state index in [2.05, 4.69) is 15.4 Å². The maximum absolute atomic E-state index is 13.6. The molecular weight excluding hydrogens is 524 g/mol. The van der Waals surface area contributed by atoms with Crippen LogP contribution >= 0.6 is 0 Å². The van der Waals surface area contributed by atoms with E-state index in [1.165, 1.54) is 4.90 Å². The second-order valence-electron chi connectivity index (χ2n) is 12.5. The SMILES string of the molecule is CC(C)(C)COC(=O)N[C@H]1CCCCC/C=C\[C@@H]2C[C@@]2(C(=O)NS(=O)(=O)C2CC2)NC(=O)[C@@H]2CCCN2C1=O. The van der Waals surface area contributed by atoms with Crippen molar-refractivity contribution in [1.29, 1.82) is 0 Å². The van der Waals surface area contributed by atoms with Gasteiger partial charge in [-0.3, -0.25) is 19.1 Å². The summed E-state index contributed by atoms with van der Waals surface area (Å²) in [5, 5.41) is 4.98. The number of nitrogens with zero attached hydrogens (tertiary/aromatic N) is 1. The summed E-state index contributed by atoms with van der Waals surface area (Å²) in [4.78, 5) is 54.4. The van der Waals surface area contributed by atoms with Gasteiger partial charge in [0.25, 0.3) is 5.91 Å². The molecule has 0 aromatic heterocycles. The van der Waals surface area contributed by atoms with Crippen LogP contribution in [0.3, 0.4) is 0 Å². The highest BCUT2D eigenvalue weighted by Crippen LogP contribution is 2.46. The number of ether oxygens (including phenoxy) is 1. The molecule has 2 saturated carbocycles. The van der Waals surface area contributed by atoms with Gasteiger partial charge in [0.1, 0.15) is 17.6 Å². The van der Waals surface area contributed by atoms with Crippen LogP contribution in [0.2, 0.25) is 0 Å². The van der Waals surface area contributed by atoms with E-state index >= 15 is 0 Å². The second kappa shape index (κ2) is 11.5. The predicted molar refractivity (Wildman–Crippen MR) is 144 cm³/mol. The summed E-state index contributed by atoms with van der Waals surface area (Å²) >= 11 is 0. The van der Waals surface area contributed by atoms with Crippen LogP contribution in [0, 0.1) is 11.3 Å². The van der Waals surface area contributed by atoms with E-state index in [4.69, 9.17) is 4.74 Å². The molecule has 0 aromatic carbocycles. The fraction of sp³-hybridized carbons (Fsp3) is 0.778. The number of nitrogens with one attached hydrogen (secondary N) is 3. The average molecular weight is 567 g/mol. The van der Waals surface area contributed by atoms with E-state index in [0.29, 0.717) is 51.5 Å². The Bertz CT molecular complexity index is 1110. The summed E-state index contributed by atoms with van der Waals surface area (Å²) in [6.45, 7) is 6.37. The zero-order valence-corrected chi connectivity index (χ0v) is 24.0. The number of allylic oxidation sites excluding steroid dienone is 1. The van der Waals surface area contributed by atoms with Crippen LogP contribution in [0.15, 0.2) is 12.2 Å². The van der Waals surface area contributed by atoms with Gasteiger partial charge in [0, 0.05) is 12.5 Å². The van der Waals surface area contributed by atoms with Gasteiger partial charge in [-0.2, -0.15) is 0 Å². The van der Waals surface area contributed by atoms with Crippen molar-refractivity contribution in [2.45, 2.75) is 108 Å². The molecule has 0 spiro atoms. The molecule has 4 rings (SSSR count). The Morgan fingerprint density at radius 2 is 1.85 bits per heavy atom. The van der Waals surface area contributed by atoms with Crippen LogP contribution in [0.5, 0.6) is 0 Å².